The lowest BCUT2D eigenvalue weighted by Gasteiger charge is -2.15. The molecule has 0 spiro atoms. The summed E-state index contributed by atoms with van der Waals surface area (Å²) in [5.74, 6) is -1.65. The molecule has 8 heteroatoms. The van der Waals surface area contributed by atoms with Gasteiger partial charge in [0.25, 0.3) is 11.8 Å². The van der Waals surface area contributed by atoms with Crippen LogP contribution in [0.1, 0.15) is 12.0 Å². The summed E-state index contributed by atoms with van der Waals surface area (Å²) >= 11 is 1.12. The molecule has 0 aromatic heterocycles. The van der Waals surface area contributed by atoms with Gasteiger partial charge in [-0.25, -0.2) is 9.29 Å². The number of benzene rings is 4. The number of carbonyl (C=O) groups is 3. The molecule has 5 rings (SSSR count). The maximum absolute atomic E-state index is 13.5. The van der Waals surface area contributed by atoms with Crippen LogP contribution in [0.5, 0.6) is 0 Å². The fraction of sp³-hybridized carbons (Fsp3) is 0.0645. The first-order valence-electron chi connectivity index (χ1n) is 12.3. The van der Waals surface area contributed by atoms with Gasteiger partial charge < -0.3 is 10.6 Å². The number of anilines is 3. The number of halogens is 1. The van der Waals surface area contributed by atoms with Gasteiger partial charge in [-0.2, -0.15) is 0 Å². The number of imide groups is 1. The van der Waals surface area contributed by atoms with Crippen LogP contribution in [0.25, 0.3) is 0 Å². The predicted octanol–water partition coefficient (Wildman–Crippen LogP) is 6.39. The number of hydrogen-bond acceptors (Lipinski definition) is 5. The molecule has 0 unspecified atom stereocenters. The monoisotopic (exact) mass is 537 g/mol. The lowest BCUT2D eigenvalue weighted by molar-refractivity contribution is -0.120. The van der Waals surface area contributed by atoms with Gasteiger partial charge >= 0.3 is 0 Å². The van der Waals surface area contributed by atoms with Gasteiger partial charge in [0.15, 0.2) is 0 Å². The molecule has 0 atom stereocenters. The fourth-order valence-corrected chi connectivity index (χ4v) is 5.07. The Kier molecular flexibility index (Phi) is 7.84. The van der Waals surface area contributed by atoms with Crippen molar-refractivity contribution >= 4 is 46.5 Å². The summed E-state index contributed by atoms with van der Waals surface area (Å²) in [5, 5.41) is 5.99. The van der Waals surface area contributed by atoms with E-state index in [9.17, 15) is 18.8 Å². The number of rotatable bonds is 9. The van der Waals surface area contributed by atoms with Crippen molar-refractivity contribution in [2.75, 3.05) is 15.5 Å². The molecule has 1 aliphatic heterocycles. The quantitative estimate of drug-likeness (QED) is 0.242. The van der Waals surface area contributed by atoms with Crippen LogP contribution < -0.4 is 15.5 Å². The SMILES string of the molecule is O=C(CCc1ccccc1)Nc1cccc(SC2=C(Nc3ccccc3)C(=O)N(c3ccc(F)cc3)C2=O)c1. The Morgan fingerprint density at radius 2 is 1.44 bits per heavy atom. The number of amides is 3. The molecule has 1 aliphatic rings. The van der Waals surface area contributed by atoms with Crippen molar-refractivity contribution in [1.29, 1.82) is 0 Å². The Hall–Kier alpha value is -4.69. The topological polar surface area (TPSA) is 78.5 Å². The molecule has 0 saturated heterocycles. The van der Waals surface area contributed by atoms with Gasteiger partial charge in [0.2, 0.25) is 5.91 Å². The smallest absolute Gasteiger partial charge is 0.283 e. The number of carbonyl (C=O) groups excluding carboxylic acids is 3. The molecule has 2 N–H and O–H groups in total. The maximum Gasteiger partial charge on any atom is 0.283 e. The van der Waals surface area contributed by atoms with Crippen molar-refractivity contribution < 1.29 is 18.8 Å². The molecule has 0 bridgehead atoms. The lowest BCUT2D eigenvalue weighted by atomic mass is 10.1. The minimum absolute atomic E-state index is 0.123. The van der Waals surface area contributed by atoms with Crippen molar-refractivity contribution in [2.45, 2.75) is 17.7 Å². The number of nitrogens with zero attached hydrogens (tertiary/aromatic N) is 1. The van der Waals surface area contributed by atoms with E-state index < -0.39 is 17.6 Å². The second-order valence-electron chi connectivity index (χ2n) is 8.78. The van der Waals surface area contributed by atoms with Crippen LogP contribution in [-0.4, -0.2) is 17.7 Å². The van der Waals surface area contributed by atoms with Crippen molar-refractivity contribution in [1.82, 2.24) is 0 Å². The molecule has 194 valence electrons. The van der Waals surface area contributed by atoms with Gasteiger partial charge in [-0.3, -0.25) is 14.4 Å². The van der Waals surface area contributed by atoms with E-state index in [2.05, 4.69) is 10.6 Å². The Labute approximate surface area is 229 Å². The van der Waals surface area contributed by atoms with E-state index in [1.54, 1.807) is 36.4 Å². The number of thioether (sulfide) groups is 1. The minimum Gasteiger partial charge on any atom is -0.350 e. The van der Waals surface area contributed by atoms with Gasteiger partial charge in [0, 0.05) is 22.7 Å². The van der Waals surface area contributed by atoms with Gasteiger partial charge in [0.1, 0.15) is 16.4 Å². The second kappa shape index (κ2) is 11.8. The molecule has 0 radical (unpaired) electrons. The number of para-hydroxylation sites is 1. The van der Waals surface area contributed by atoms with E-state index in [4.69, 9.17) is 0 Å². The molecular formula is C31H24FN3O3S. The van der Waals surface area contributed by atoms with Crippen molar-refractivity contribution in [3.8, 4) is 0 Å². The molecule has 6 nitrogen and oxygen atoms in total. The van der Waals surface area contributed by atoms with Crippen LogP contribution >= 0.6 is 11.8 Å². The number of nitrogens with one attached hydrogen (secondary N) is 2. The summed E-state index contributed by atoms with van der Waals surface area (Å²) in [7, 11) is 0. The van der Waals surface area contributed by atoms with Crippen LogP contribution in [0.4, 0.5) is 21.5 Å². The van der Waals surface area contributed by atoms with Crippen molar-refractivity contribution in [3.05, 3.63) is 131 Å². The van der Waals surface area contributed by atoms with Crippen LogP contribution in [-0.2, 0) is 20.8 Å². The zero-order chi connectivity index (χ0) is 27.2. The van der Waals surface area contributed by atoms with Crippen molar-refractivity contribution in [2.24, 2.45) is 0 Å². The van der Waals surface area contributed by atoms with Gasteiger partial charge in [-0.05, 0) is 66.6 Å². The molecule has 39 heavy (non-hydrogen) atoms. The third-order valence-electron chi connectivity index (χ3n) is 5.99. The highest BCUT2D eigenvalue weighted by Crippen LogP contribution is 2.38. The first-order chi connectivity index (χ1) is 19.0. The summed E-state index contributed by atoms with van der Waals surface area (Å²) in [4.78, 5) is 41.4. The molecule has 3 amide bonds. The third-order valence-corrected chi connectivity index (χ3v) is 7.06. The maximum atomic E-state index is 13.5. The molecule has 0 saturated carbocycles. The van der Waals surface area contributed by atoms with Crippen LogP contribution in [0.15, 0.2) is 125 Å². The van der Waals surface area contributed by atoms with E-state index in [0.29, 0.717) is 29.1 Å². The first kappa shape index (κ1) is 25.9. The average Bonchev–Trinajstić information content (AvgIpc) is 3.17. The summed E-state index contributed by atoms with van der Waals surface area (Å²) in [6.07, 6.45) is 0.954. The van der Waals surface area contributed by atoms with E-state index >= 15 is 0 Å². The van der Waals surface area contributed by atoms with Crippen LogP contribution in [0, 0.1) is 5.82 Å². The molecular weight excluding hydrogens is 513 g/mol. The van der Waals surface area contributed by atoms with E-state index in [1.807, 2.05) is 48.5 Å². The summed E-state index contributed by atoms with van der Waals surface area (Å²) in [6, 6.07) is 31.1. The van der Waals surface area contributed by atoms with E-state index in [0.717, 1.165) is 22.2 Å². The molecule has 0 fully saturated rings. The van der Waals surface area contributed by atoms with Gasteiger partial charge in [-0.1, -0.05) is 66.4 Å². The summed E-state index contributed by atoms with van der Waals surface area (Å²) in [6.45, 7) is 0. The molecule has 0 aliphatic carbocycles. The van der Waals surface area contributed by atoms with E-state index in [-0.39, 0.29) is 22.2 Å². The summed E-state index contributed by atoms with van der Waals surface area (Å²) < 4.78 is 13.5. The predicted molar refractivity (Wildman–Crippen MR) is 152 cm³/mol. The van der Waals surface area contributed by atoms with Crippen LogP contribution in [0.3, 0.4) is 0 Å². The number of hydrogen-bond donors (Lipinski definition) is 2. The molecule has 1 heterocycles. The standard InChI is InChI=1S/C31H24FN3O3S/c32-22-15-17-25(18-16-22)35-30(37)28(34-23-10-5-2-6-11-23)29(31(35)38)39-26-13-7-12-24(20-26)33-27(36)19-14-21-8-3-1-4-9-21/h1-13,15-18,20,34H,14,19H2,(H,33,36). The van der Waals surface area contributed by atoms with Crippen molar-refractivity contribution in [3.63, 3.8) is 0 Å². The molecule has 4 aromatic rings. The van der Waals surface area contributed by atoms with Gasteiger partial charge in [0.05, 0.1) is 5.69 Å². The molecule has 4 aromatic carbocycles. The third kappa shape index (κ3) is 6.25. The number of aryl methyl sites for hydroxylation is 1. The Balaban J connectivity index is 1.37. The van der Waals surface area contributed by atoms with Crippen LogP contribution in [0.2, 0.25) is 0 Å². The highest BCUT2D eigenvalue weighted by atomic mass is 32.2. The Morgan fingerprint density at radius 3 is 2.15 bits per heavy atom. The highest BCUT2D eigenvalue weighted by Gasteiger charge is 2.40. The minimum atomic E-state index is -0.539. The first-order valence-corrected chi connectivity index (χ1v) is 13.1. The summed E-state index contributed by atoms with van der Waals surface area (Å²) in [5.41, 5.74) is 2.71. The Morgan fingerprint density at radius 1 is 0.769 bits per heavy atom. The Bertz CT molecular complexity index is 1540. The second-order valence-corrected chi connectivity index (χ2v) is 9.86. The zero-order valence-corrected chi connectivity index (χ0v) is 21.6. The van der Waals surface area contributed by atoms with E-state index in [1.165, 1.54) is 24.3 Å². The normalized spacial score (nSPS) is 13.1. The average molecular weight is 538 g/mol. The largest absolute Gasteiger partial charge is 0.350 e. The lowest BCUT2D eigenvalue weighted by Crippen LogP contribution is -2.32. The highest BCUT2D eigenvalue weighted by molar-refractivity contribution is 8.04. The van der Waals surface area contributed by atoms with Gasteiger partial charge in [-0.15, -0.1) is 0 Å². The fourth-order valence-electron chi connectivity index (χ4n) is 4.09. The zero-order valence-electron chi connectivity index (χ0n) is 20.8.